The molecular formula is C26H31NO6. The first-order valence-electron chi connectivity index (χ1n) is 11.4. The van der Waals surface area contributed by atoms with E-state index < -0.39 is 29.7 Å². The number of aryl methyl sites for hydroxylation is 2. The predicted molar refractivity (Wildman–Crippen MR) is 122 cm³/mol. The third-order valence-electron chi connectivity index (χ3n) is 7.24. The average Bonchev–Trinajstić information content (AvgIpc) is 3.29. The number of nitrogens with zero attached hydrogens (tertiary/aromatic N) is 1. The van der Waals surface area contributed by atoms with Gasteiger partial charge in [-0.2, -0.15) is 4.90 Å². The van der Waals surface area contributed by atoms with Gasteiger partial charge in [-0.05, 0) is 81.4 Å². The first-order valence-corrected chi connectivity index (χ1v) is 11.4. The molecule has 7 nitrogen and oxygen atoms in total. The first kappa shape index (κ1) is 23.2. The highest BCUT2D eigenvalue weighted by Gasteiger charge is 2.58. The van der Waals surface area contributed by atoms with Crippen LogP contribution in [0.1, 0.15) is 49.8 Å². The number of methoxy groups -OCH3 is 1. The van der Waals surface area contributed by atoms with Crippen LogP contribution >= 0.6 is 0 Å². The number of carbonyl (C=O) groups excluding carboxylic acids is 3. The summed E-state index contributed by atoms with van der Waals surface area (Å²) < 4.78 is 10.8. The standard InChI is InChI=1S/C26H31NO6/c1-13(8-17-9-15(3)23(28)16(4)10-17)6-7-20-21-14(2)11-18-22(19(21)12-33-20)25(30)27(24(18)29)26(31)32-5/h8-10,18-20,22,28H,6-7,11-12H2,1-5H3/b13-8+/t18-,19+,20-,22-/m1/s1. The fourth-order valence-corrected chi connectivity index (χ4v) is 5.69. The number of carbonyl (C=O) groups is 3. The van der Waals surface area contributed by atoms with E-state index in [1.807, 2.05) is 32.9 Å². The molecule has 2 heterocycles. The molecule has 0 radical (unpaired) electrons. The van der Waals surface area contributed by atoms with Crippen molar-refractivity contribution in [2.24, 2.45) is 17.8 Å². The number of phenols is 1. The summed E-state index contributed by atoms with van der Waals surface area (Å²) in [4.78, 5) is 38.4. The van der Waals surface area contributed by atoms with E-state index in [0.717, 1.165) is 40.7 Å². The Morgan fingerprint density at radius 3 is 2.48 bits per heavy atom. The Labute approximate surface area is 194 Å². The molecule has 4 atom stereocenters. The number of aromatic hydroxyl groups is 1. The molecule has 1 aromatic carbocycles. The van der Waals surface area contributed by atoms with E-state index in [0.29, 0.717) is 23.7 Å². The van der Waals surface area contributed by atoms with Crippen LogP contribution in [0.15, 0.2) is 28.9 Å². The maximum Gasteiger partial charge on any atom is 0.423 e. The van der Waals surface area contributed by atoms with Gasteiger partial charge in [-0.25, -0.2) is 4.79 Å². The monoisotopic (exact) mass is 453 g/mol. The van der Waals surface area contributed by atoms with E-state index in [2.05, 4.69) is 17.7 Å². The minimum absolute atomic E-state index is 0.0994. The van der Waals surface area contributed by atoms with Crippen LogP contribution in [-0.2, 0) is 19.1 Å². The zero-order chi connectivity index (χ0) is 24.0. The highest BCUT2D eigenvalue weighted by Crippen LogP contribution is 2.49. The van der Waals surface area contributed by atoms with Crippen LogP contribution in [0.25, 0.3) is 6.08 Å². The third kappa shape index (κ3) is 3.99. The number of benzene rings is 1. The lowest BCUT2D eigenvalue weighted by molar-refractivity contribution is -0.137. The molecule has 3 amide bonds. The molecule has 0 bridgehead atoms. The number of ether oxygens (including phenoxy) is 2. The molecule has 33 heavy (non-hydrogen) atoms. The van der Waals surface area contributed by atoms with E-state index in [4.69, 9.17) is 4.74 Å². The molecule has 3 aliphatic rings. The number of allylic oxidation sites excluding steroid dienone is 2. The zero-order valence-electron chi connectivity index (χ0n) is 19.8. The largest absolute Gasteiger partial charge is 0.507 e. The molecule has 1 aliphatic carbocycles. The van der Waals surface area contributed by atoms with Gasteiger partial charge in [-0.1, -0.05) is 17.2 Å². The minimum atomic E-state index is -0.908. The molecule has 2 aliphatic heterocycles. The van der Waals surface area contributed by atoms with Crippen LogP contribution in [0.2, 0.25) is 0 Å². The van der Waals surface area contributed by atoms with Crippen molar-refractivity contribution in [1.29, 1.82) is 0 Å². The van der Waals surface area contributed by atoms with Gasteiger partial charge < -0.3 is 14.6 Å². The lowest BCUT2D eigenvalue weighted by atomic mass is 9.70. The van der Waals surface area contributed by atoms with Crippen molar-refractivity contribution in [3.8, 4) is 5.75 Å². The summed E-state index contributed by atoms with van der Waals surface area (Å²) in [5, 5.41) is 9.99. The fourth-order valence-electron chi connectivity index (χ4n) is 5.69. The number of imide groups is 3. The van der Waals surface area contributed by atoms with Crippen molar-refractivity contribution in [1.82, 2.24) is 4.90 Å². The van der Waals surface area contributed by atoms with Crippen LogP contribution in [0.4, 0.5) is 4.79 Å². The maximum atomic E-state index is 13.0. The summed E-state index contributed by atoms with van der Waals surface area (Å²) in [6.45, 7) is 8.25. The highest BCUT2D eigenvalue weighted by atomic mass is 16.5. The van der Waals surface area contributed by atoms with Crippen LogP contribution in [-0.4, -0.2) is 47.7 Å². The summed E-state index contributed by atoms with van der Waals surface area (Å²) in [5.41, 5.74) is 6.16. The van der Waals surface area contributed by atoms with Crippen molar-refractivity contribution in [3.63, 3.8) is 0 Å². The summed E-state index contributed by atoms with van der Waals surface area (Å²) >= 11 is 0. The minimum Gasteiger partial charge on any atom is -0.507 e. The Hall–Kier alpha value is -2.93. The smallest absolute Gasteiger partial charge is 0.423 e. The SMILES string of the molecule is COC(=O)N1C(=O)[C@@H]2[C@@H](CC(C)=C3[C@@H](CC/C(C)=C/c4cc(C)c(O)c(C)c4)OC[C@@H]32)C1=O. The molecule has 1 aromatic rings. The Morgan fingerprint density at radius 2 is 1.85 bits per heavy atom. The number of hydrogen-bond acceptors (Lipinski definition) is 6. The topological polar surface area (TPSA) is 93.1 Å². The molecule has 176 valence electrons. The molecule has 0 aromatic heterocycles. The molecule has 1 N–H and O–H groups in total. The van der Waals surface area contributed by atoms with Gasteiger partial charge in [-0.3, -0.25) is 9.59 Å². The molecular weight excluding hydrogens is 422 g/mol. The summed E-state index contributed by atoms with van der Waals surface area (Å²) in [6.07, 6.45) is 3.18. The van der Waals surface area contributed by atoms with Gasteiger partial charge in [0.2, 0.25) is 11.8 Å². The van der Waals surface area contributed by atoms with Crippen LogP contribution in [0.3, 0.4) is 0 Å². The second-order valence-electron chi connectivity index (χ2n) is 9.52. The lowest BCUT2D eigenvalue weighted by Crippen LogP contribution is -2.37. The summed E-state index contributed by atoms with van der Waals surface area (Å²) in [7, 11) is 1.17. The molecule has 2 saturated heterocycles. The second-order valence-corrected chi connectivity index (χ2v) is 9.52. The van der Waals surface area contributed by atoms with Crippen LogP contribution in [0, 0.1) is 31.6 Å². The van der Waals surface area contributed by atoms with Crippen molar-refractivity contribution in [2.45, 2.75) is 53.1 Å². The van der Waals surface area contributed by atoms with Crippen molar-refractivity contribution >= 4 is 24.0 Å². The van der Waals surface area contributed by atoms with Gasteiger partial charge in [0.1, 0.15) is 5.75 Å². The Balaban J connectivity index is 1.49. The van der Waals surface area contributed by atoms with Gasteiger partial charge in [-0.15, -0.1) is 0 Å². The number of phenolic OH excluding ortho intramolecular Hbond substituents is 1. The Bertz CT molecular complexity index is 1060. The molecule has 0 spiro atoms. The molecule has 0 unspecified atom stereocenters. The predicted octanol–water partition coefficient (Wildman–Crippen LogP) is 4.30. The normalized spacial score (nSPS) is 27.2. The van der Waals surface area contributed by atoms with Crippen molar-refractivity contribution in [2.75, 3.05) is 13.7 Å². The quantitative estimate of drug-likeness (QED) is 0.540. The van der Waals surface area contributed by atoms with Gasteiger partial charge in [0.05, 0.1) is 31.7 Å². The summed E-state index contributed by atoms with van der Waals surface area (Å²) in [5.74, 6) is -1.84. The maximum absolute atomic E-state index is 13.0. The van der Waals surface area contributed by atoms with Crippen molar-refractivity contribution in [3.05, 3.63) is 45.5 Å². The number of likely N-dealkylation sites (tertiary alicyclic amines) is 1. The van der Waals surface area contributed by atoms with E-state index in [-0.39, 0.29) is 12.0 Å². The number of amides is 3. The third-order valence-corrected chi connectivity index (χ3v) is 7.24. The van der Waals surface area contributed by atoms with E-state index >= 15 is 0 Å². The fraction of sp³-hybridized carbons (Fsp3) is 0.500. The number of rotatable bonds is 4. The average molecular weight is 454 g/mol. The van der Waals surface area contributed by atoms with Crippen molar-refractivity contribution < 1.29 is 29.0 Å². The molecule has 0 saturated carbocycles. The Morgan fingerprint density at radius 1 is 1.18 bits per heavy atom. The van der Waals surface area contributed by atoms with Crippen LogP contribution in [0.5, 0.6) is 5.75 Å². The van der Waals surface area contributed by atoms with Gasteiger partial charge in [0.15, 0.2) is 0 Å². The second kappa shape index (κ2) is 8.78. The van der Waals surface area contributed by atoms with E-state index in [9.17, 15) is 19.5 Å². The van der Waals surface area contributed by atoms with Crippen LogP contribution < -0.4 is 0 Å². The van der Waals surface area contributed by atoms with Gasteiger partial charge >= 0.3 is 6.09 Å². The first-order chi connectivity index (χ1) is 15.6. The lowest BCUT2D eigenvalue weighted by Gasteiger charge is -2.30. The van der Waals surface area contributed by atoms with Gasteiger partial charge in [0.25, 0.3) is 0 Å². The van der Waals surface area contributed by atoms with E-state index in [1.165, 1.54) is 12.7 Å². The zero-order valence-corrected chi connectivity index (χ0v) is 19.8. The molecule has 4 rings (SSSR count). The molecule has 2 fully saturated rings. The highest BCUT2D eigenvalue weighted by molar-refractivity contribution is 6.16. The number of fused-ring (bicyclic) bond motifs is 3. The van der Waals surface area contributed by atoms with Gasteiger partial charge in [0, 0.05) is 5.92 Å². The van der Waals surface area contributed by atoms with E-state index in [1.54, 1.807) is 0 Å². The molecule has 7 heteroatoms. The summed E-state index contributed by atoms with van der Waals surface area (Å²) in [6, 6.07) is 3.94. The Kier molecular flexibility index (Phi) is 6.18. The number of hydrogen-bond donors (Lipinski definition) is 1.